The molecule has 104 valence electrons. The van der Waals surface area contributed by atoms with E-state index in [1.807, 2.05) is 0 Å². The zero-order chi connectivity index (χ0) is 14.9. The smallest absolute Gasteiger partial charge is 0.293 e. The molecular weight excluding hydrogens is 304 g/mol. The summed E-state index contributed by atoms with van der Waals surface area (Å²) in [5.41, 5.74) is 1.56. The van der Waals surface area contributed by atoms with Gasteiger partial charge in [0.2, 0.25) is 9.47 Å². The van der Waals surface area contributed by atoms with Crippen LogP contribution in [0.3, 0.4) is 0 Å². The van der Waals surface area contributed by atoms with E-state index < -0.39 is 10.8 Å². The summed E-state index contributed by atoms with van der Waals surface area (Å²) >= 11 is 6.49. The van der Waals surface area contributed by atoms with Crippen LogP contribution in [0.15, 0.2) is 12.1 Å². The van der Waals surface area contributed by atoms with E-state index in [4.69, 9.17) is 11.6 Å². The van der Waals surface area contributed by atoms with Gasteiger partial charge in [-0.05, 0) is 42.6 Å². The highest BCUT2D eigenvalue weighted by Gasteiger charge is 2.20. The number of nitro benzene ring substituents is 1. The normalized spacial score (nSPS) is 10.3. The van der Waals surface area contributed by atoms with E-state index in [1.165, 1.54) is 6.07 Å². The molecule has 0 fully saturated rings. The molecule has 0 unspecified atom stereocenters. The fraction of sp³-hybridized carbons (Fsp3) is 0.182. The number of carbonyl (C=O) groups is 1. The van der Waals surface area contributed by atoms with Gasteiger partial charge >= 0.3 is 0 Å². The van der Waals surface area contributed by atoms with Crippen LogP contribution in [-0.2, 0) is 0 Å². The summed E-state index contributed by atoms with van der Waals surface area (Å²) in [5, 5.41) is 20.6. The Labute approximate surface area is 122 Å². The minimum absolute atomic E-state index is 0.0440. The lowest BCUT2D eigenvalue weighted by molar-refractivity contribution is -0.384. The highest BCUT2D eigenvalue weighted by Crippen LogP contribution is 2.28. The number of halogens is 1. The first-order chi connectivity index (χ1) is 9.38. The third-order valence-corrected chi connectivity index (χ3v) is 3.67. The number of benzene rings is 1. The van der Waals surface area contributed by atoms with E-state index >= 15 is 0 Å². The Balaban J connectivity index is 2.35. The first-order valence-corrected chi connectivity index (χ1v) is 6.64. The maximum Gasteiger partial charge on any atom is 0.293 e. The average molecular weight is 313 g/mol. The van der Waals surface area contributed by atoms with Crippen molar-refractivity contribution < 1.29 is 9.72 Å². The van der Waals surface area contributed by atoms with Crippen molar-refractivity contribution in [3.05, 3.63) is 42.8 Å². The summed E-state index contributed by atoms with van der Waals surface area (Å²) in [6, 6.07) is 2.96. The Kier molecular flexibility index (Phi) is 3.96. The molecule has 0 bridgehead atoms. The fourth-order valence-corrected chi connectivity index (χ4v) is 2.25. The lowest BCUT2D eigenvalue weighted by Crippen LogP contribution is -2.13. The number of hydrogen-bond acceptors (Lipinski definition) is 6. The lowest BCUT2D eigenvalue weighted by atomic mass is 10.1. The second-order valence-corrected chi connectivity index (χ2v) is 5.58. The molecule has 0 aliphatic rings. The SMILES string of the molecule is Cc1cc(NC(=O)c2nnc(Cl)s2)c([N+](=O)[O-])cc1C. The van der Waals surface area contributed by atoms with Gasteiger partial charge in [0.05, 0.1) is 4.92 Å². The van der Waals surface area contributed by atoms with E-state index in [1.54, 1.807) is 19.9 Å². The van der Waals surface area contributed by atoms with Gasteiger partial charge < -0.3 is 5.32 Å². The zero-order valence-corrected chi connectivity index (χ0v) is 12.1. The van der Waals surface area contributed by atoms with Gasteiger partial charge in [0.15, 0.2) is 0 Å². The number of amides is 1. The number of aromatic nitrogens is 2. The van der Waals surface area contributed by atoms with Crippen LogP contribution in [0, 0.1) is 24.0 Å². The van der Waals surface area contributed by atoms with Crippen LogP contribution >= 0.6 is 22.9 Å². The lowest BCUT2D eigenvalue weighted by Gasteiger charge is -2.07. The maximum absolute atomic E-state index is 11.9. The van der Waals surface area contributed by atoms with Crippen molar-refractivity contribution in [2.75, 3.05) is 5.32 Å². The quantitative estimate of drug-likeness (QED) is 0.694. The maximum atomic E-state index is 11.9. The molecule has 2 rings (SSSR count). The summed E-state index contributed by atoms with van der Waals surface area (Å²) in [7, 11) is 0. The summed E-state index contributed by atoms with van der Waals surface area (Å²) in [4.78, 5) is 22.4. The number of nitrogens with one attached hydrogen (secondary N) is 1. The first kappa shape index (κ1) is 14.4. The Hall–Kier alpha value is -2.06. The van der Waals surface area contributed by atoms with Crippen molar-refractivity contribution >= 4 is 40.2 Å². The van der Waals surface area contributed by atoms with Gasteiger partial charge in [-0.1, -0.05) is 11.3 Å². The van der Waals surface area contributed by atoms with Crippen LogP contribution < -0.4 is 5.32 Å². The predicted molar refractivity (Wildman–Crippen MR) is 75.4 cm³/mol. The molecule has 1 heterocycles. The Bertz CT molecular complexity index is 701. The van der Waals surface area contributed by atoms with Crippen LogP contribution in [0.4, 0.5) is 11.4 Å². The Morgan fingerprint density at radius 2 is 2.00 bits per heavy atom. The third-order valence-electron chi connectivity index (χ3n) is 2.65. The number of aryl methyl sites for hydroxylation is 2. The van der Waals surface area contributed by atoms with Crippen LogP contribution in [0.1, 0.15) is 20.9 Å². The van der Waals surface area contributed by atoms with Gasteiger partial charge in [-0.2, -0.15) is 0 Å². The van der Waals surface area contributed by atoms with Gasteiger partial charge in [-0.3, -0.25) is 14.9 Å². The van der Waals surface area contributed by atoms with E-state index in [9.17, 15) is 14.9 Å². The first-order valence-electron chi connectivity index (χ1n) is 5.44. The highest BCUT2D eigenvalue weighted by molar-refractivity contribution is 7.17. The molecule has 0 spiro atoms. The molecule has 0 radical (unpaired) electrons. The molecule has 1 N–H and O–H groups in total. The van der Waals surface area contributed by atoms with E-state index in [0.717, 1.165) is 22.5 Å². The number of anilines is 1. The van der Waals surface area contributed by atoms with Crippen molar-refractivity contribution in [3.63, 3.8) is 0 Å². The van der Waals surface area contributed by atoms with Crippen LogP contribution in [-0.4, -0.2) is 21.0 Å². The largest absolute Gasteiger partial charge is 0.314 e. The van der Waals surface area contributed by atoms with Gasteiger partial charge in [-0.15, -0.1) is 10.2 Å². The molecule has 0 saturated heterocycles. The molecule has 0 aliphatic heterocycles. The van der Waals surface area contributed by atoms with Gasteiger partial charge in [-0.25, -0.2) is 0 Å². The molecular formula is C11H9ClN4O3S. The number of carbonyl (C=O) groups excluding carboxylic acids is 1. The third kappa shape index (κ3) is 2.91. The minimum atomic E-state index is -0.583. The average Bonchev–Trinajstić information content (AvgIpc) is 2.80. The number of nitrogens with zero attached hydrogens (tertiary/aromatic N) is 3. The topological polar surface area (TPSA) is 98.0 Å². The van der Waals surface area contributed by atoms with E-state index in [0.29, 0.717) is 0 Å². The molecule has 1 aromatic carbocycles. The minimum Gasteiger partial charge on any atom is -0.314 e. The molecule has 1 amide bonds. The predicted octanol–water partition coefficient (Wildman–Crippen LogP) is 2.97. The standard InChI is InChI=1S/C11H9ClN4O3S/c1-5-3-7(8(16(18)19)4-6(5)2)13-9(17)10-14-15-11(12)20-10/h3-4H,1-2H3,(H,13,17). The summed E-state index contributed by atoms with van der Waals surface area (Å²) in [5.74, 6) is -0.583. The molecule has 0 atom stereocenters. The second kappa shape index (κ2) is 5.51. The van der Waals surface area contributed by atoms with Gasteiger partial charge in [0.1, 0.15) is 5.69 Å². The summed E-state index contributed by atoms with van der Waals surface area (Å²) in [6.45, 7) is 3.56. The van der Waals surface area contributed by atoms with Crippen LogP contribution in [0.2, 0.25) is 4.47 Å². The van der Waals surface area contributed by atoms with Gasteiger partial charge in [0, 0.05) is 6.07 Å². The molecule has 20 heavy (non-hydrogen) atoms. The van der Waals surface area contributed by atoms with Crippen molar-refractivity contribution in [1.29, 1.82) is 0 Å². The zero-order valence-electron chi connectivity index (χ0n) is 10.5. The Morgan fingerprint density at radius 3 is 2.55 bits per heavy atom. The summed E-state index contributed by atoms with van der Waals surface area (Å²) < 4.78 is 0.129. The summed E-state index contributed by atoms with van der Waals surface area (Å²) in [6.07, 6.45) is 0. The van der Waals surface area contributed by atoms with Crippen LogP contribution in [0.5, 0.6) is 0 Å². The number of hydrogen-bond donors (Lipinski definition) is 1. The second-order valence-electron chi connectivity index (χ2n) is 4.03. The van der Waals surface area contributed by atoms with Crippen LogP contribution in [0.25, 0.3) is 0 Å². The molecule has 2 aromatic rings. The van der Waals surface area contributed by atoms with E-state index in [-0.39, 0.29) is 20.8 Å². The van der Waals surface area contributed by atoms with Crippen molar-refractivity contribution in [1.82, 2.24) is 10.2 Å². The van der Waals surface area contributed by atoms with Crippen molar-refractivity contribution in [2.24, 2.45) is 0 Å². The molecule has 9 heteroatoms. The van der Waals surface area contributed by atoms with Crippen molar-refractivity contribution in [2.45, 2.75) is 13.8 Å². The fourth-order valence-electron chi connectivity index (χ4n) is 1.52. The molecule has 1 aromatic heterocycles. The molecule has 0 aliphatic carbocycles. The molecule has 7 nitrogen and oxygen atoms in total. The van der Waals surface area contributed by atoms with Gasteiger partial charge in [0.25, 0.3) is 11.6 Å². The monoisotopic (exact) mass is 312 g/mol. The number of nitro groups is 1. The van der Waals surface area contributed by atoms with Crippen molar-refractivity contribution in [3.8, 4) is 0 Å². The van der Waals surface area contributed by atoms with E-state index in [2.05, 4.69) is 15.5 Å². The highest BCUT2D eigenvalue weighted by atomic mass is 35.5. The number of rotatable bonds is 3. The molecule has 0 saturated carbocycles. The Morgan fingerprint density at radius 1 is 1.35 bits per heavy atom.